The van der Waals surface area contributed by atoms with E-state index in [2.05, 4.69) is 10.1 Å². The first-order chi connectivity index (χ1) is 10.5. The maximum atomic E-state index is 8.96. The molecule has 1 aromatic carbocycles. The molecule has 0 saturated heterocycles. The summed E-state index contributed by atoms with van der Waals surface area (Å²) >= 11 is 17.7. The van der Waals surface area contributed by atoms with E-state index in [1.807, 2.05) is 6.92 Å². The molecule has 1 heterocycles. The van der Waals surface area contributed by atoms with Crippen LogP contribution in [0.15, 0.2) is 47.6 Å². The smallest absolute Gasteiger partial charge is 0.239 e. The standard InChI is InChI=1S/C15H11Cl3N2O2/c1-2-3-13(20-21)9-4-6-10(7-5-9)22-15-12(17)8-11(16)14(18)19-15/h2-8,21H,1H3/b3-2+,20-13-. The van der Waals surface area contributed by atoms with E-state index in [0.29, 0.717) is 11.5 Å². The lowest BCUT2D eigenvalue weighted by Gasteiger charge is -2.08. The van der Waals surface area contributed by atoms with E-state index in [1.165, 1.54) is 6.07 Å². The minimum atomic E-state index is 0.112. The molecular weight excluding hydrogens is 347 g/mol. The summed E-state index contributed by atoms with van der Waals surface area (Å²) in [5.74, 6) is 0.669. The fourth-order valence-electron chi connectivity index (χ4n) is 1.65. The van der Waals surface area contributed by atoms with Gasteiger partial charge in [0.2, 0.25) is 5.88 Å². The summed E-state index contributed by atoms with van der Waals surface area (Å²) < 4.78 is 5.57. The second-order valence-electron chi connectivity index (χ2n) is 4.16. The van der Waals surface area contributed by atoms with E-state index >= 15 is 0 Å². The van der Waals surface area contributed by atoms with Crippen molar-refractivity contribution in [2.45, 2.75) is 6.92 Å². The zero-order chi connectivity index (χ0) is 16.1. The van der Waals surface area contributed by atoms with Crippen LogP contribution in [0.1, 0.15) is 12.5 Å². The number of allylic oxidation sites excluding steroid dienone is 2. The highest BCUT2D eigenvalue weighted by Crippen LogP contribution is 2.33. The van der Waals surface area contributed by atoms with Gasteiger partial charge in [-0.3, -0.25) is 0 Å². The molecule has 2 rings (SSSR count). The molecule has 0 unspecified atom stereocenters. The van der Waals surface area contributed by atoms with E-state index < -0.39 is 0 Å². The predicted octanol–water partition coefficient (Wildman–Crippen LogP) is 5.59. The van der Waals surface area contributed by atoms with Crippen molar-refractivity contribution in [1.29, 1.82) is 0 Å². The molecule has 2 aromatic rings. The van der Waals surface area contributed by atoms with Gasteiger partial charge in [-0.25, -0.2) is 0 Å². The van der Waals surface area contributed by atoms with Crippen LogP contribution in [0.4, 0.5) is 0 Å². The van der Waals surface area contributed by atoms with Gasteiger partial charge in [-0.15, -0.1) is 0 Å². The Morgan fingerprint density at radius 2 is 1.86 bits per heavy atom. The van der Waals surface area contributed by atoms with Crippen LogP contribution in [-0.4, -0.2) is 15.9 Å². The Morgan fingerprint density at radius 3 is 2.45 bits per heavy atom. The van der Waals surface area contributed by atoms with Crippen molar-refractivity contribution in [3.8, 4) is 11.6 Å². The summed E-state index contributed by atoms with van der Waals surface area (Å²) in [6.07, 6.45) is 3.46. The summed E-state index contributed by atoms with van der Waals surface area (Å²) in [5, 5.41) is 12.8. The number of nitrogens with zero attached hydrogens (tertiary/aromatic N) is 2. The van der Waals surface area contributed by atoms with E-state index in [9.17, 15) is 0 Å². The first-order valence-corrected chi connectivity index (χ1v) is 7.33. The monoisotopic (exact) mass is 356 g/mol. The van der Waals surface area contributed by atoms with Crippen molar-refractivity contribution >= 4 is 40.5 Å². The highest BCUT2D eigenvalue weighted by Gasteiger charge is 2.10. The fraction of sp³-hybridized carbons (Fsp3) is 0.0667. The third-order valence-electron chi connectivity index (χ3n) is 2.65. The van der Waals surface area contributed by atoms with Gasteiger partial charge in [0.25, 0.3) is 0 Å². The third-order valence-corrected chi connectivity index (χ3v) is 3.60. The number of ether oxygens (including phenoxy) is 1. The maximum absolute atomic E-state index is 8.96. The van der Waals surface area contributed by atoms with Crippen LogP contribution in [-0.2, 0) is 0 Å². The van der Waals surface area contributed by atoms with Gasteiger partial charge in [-0.2, -0.15) is 4.98 Å². The Labute approximate surface area is 142 Å². The number of halogens is 3. The van der Waals surface area contributed by atoms with Gasteiger partial charge < -0.3 is 9.94 Å². The molecule has 0 spiro atoms. The van der Waals surface area contributed by atoms with E-state index in [1.54, 1.807) is 36.4 Å². The molecule has 114 valence electrons. The molecule has 4 nitrogen and oxygen atoms in total. The fourth-order valence-corrected chi connectivity index (χ4v) is 2.18. The van der Waals surface area contributed by atoms with Crippen LogP contribution >= 0.6 is 34.8 Å². The summed E-state index contributed by atoms with van der Waals surface area (Å²) in [4.78, 5) is 3.98. The van der Waals surface area contributed by atoms with Crippen molar-refractivity contribution in [3.05, 3.63) is 63.2 Å². The van der Waals surface area contributed by atoms with Crippen molar-refractivity contribution in [2.75, 3.05) is 0 Å². The highest BCUT2D eigenvalue weighted by atomic mass is 35.5. The normalized spacial score (nSPS) is 11.9. The van der Waals surface area contributed by atoms with E-state index in [0.717, 1.165) is 5.56 Å². The van der Waals surface area contributed by atoms with Crippen LogP contribution in [0, 0.1) is 0 Å². The topological polar surface area (TPSA) is 54.7 Å². The second-order valence-corrected chi connectivity index (χ2v) is 5.33. The van der Waals surface area contributed by atoms with E-state index in [4.69, 9.17) is 44.7 Å². The van der Waals surface area contributed by atoms with Gasteiger partial charge in [-0.05, 0) is 43.3 Å². The zero-order valence-electron chi connectivity index (χ0n) is 11.4. The molecular formula is C15H11Cl3N2O2. The first-order valence-electron chi connectivity index (χ1n) is 6.19. The molecule has 1 aromatic heterocycles. The van der Waals surface area contributed by atoms with Crippen LogP contribution in [0.2, 0.25) is 15.2 Å². The zero-order valence-corrected chi connectivity index (χ0v) is 13.7. The first kappa shape index (κ1) is 16.6. The average Bonchev–Trinajstić information content (AvgIpc) is 2.51. The molecule has 0 aliphatic carbocycles. The highest BCUT2D eigenvalue weighted by molar-refractivity contribution is 6.42. The predicted molar refractivity (Wildman–Crippen MR) is 88.9 cm³/mol. The molecule has 22 heavy (non-hydrogen) atoms. The lowest BCUT2D eigenvalue weighted by atomic mass is 10.1. The Morgan fingerprint density at radius 1 is 1.18 bits per heavy atom. The summed E-state index contributed by atoms with van der Waals surface area (Å²) in [5.41, 5.74) is 1.18. The lowest BCUT2D eigenvalue weighted by Crippen LogP contribution is -1.97. The Hall–Kier alpha value is -1.75. The molecule has 0 aliphatic rings. The maximum Gasteiger partial charge on any atom is 0.239 e. The summed E-state index contributed by atoms with van der Waals surface area (Å²) in [6, 6.07) is 8.35. The number of rotatable bonds is 4. The van der Waals surface area contributed by atoms with Crippen molar-refractivity contribution in [2.24, 2.45) is 5.16 Å². The Bertz CT molecular complexity index is 728. The minimum absolute atomic E-state index is 0.112. The molecule has 0 bridgehead atoms. The van der Waals surface area contributed by atoms with Crippen LogP contribution in [0.5, 0.6) is 11.6 Å². The van der Waals surface area contributed by atoms with Crippen molar-refractivity contribution < 1.29 is 9.94 Å². The SMILES string of the molecule is C/C=C/C(=N/O)c1ccc(Oc2nc(Cl)c(Cl)cc2Cl)cc1. The van der Waals surface area contributed by atoms with Gasteiger partial charge >= 0.3 is 0 Å². The summed E-state index contributed by atoms with van der Waals surface area (Å²) in [7, 11) is 0. The average molecular weight is 358 g/mol. The number of hydrogen-bond acceptors (Lipinski definition) is 4. The number of benzene rings is 1. The van der Waals surface area contributed by atoms with Gasteiger partial charge in [0.1, 0.15) is 16.5 Å². The lowest BCUT2D eigenvalue weighted by molar-refractivity contribution is 0.320. The van der Waals surface area contributed by atoms with Gasteiger partial charge in [0, 0.05) is 5.56 Å². The Kier molecular flexibility index (Phi) is 5.66. The molecule has 0 atom stereocenters. The molecule has 7 heteroatoms. The van der Waals surface area contributed by atoms with E-state index in [-0.39, 0.29) is 21.1 Å². The third kappa shape index (κ3) is 3.91. The quantitative estimate of drug-likeness (QED) is 0.336. The van der Waals surface area contributed by atoms with Crippen LogP contribution < -0.4 is 4.74 Å². The van der Waals surface area contributed by atoms with Crippen LogP contribution in [0.3, 0.4) is 0 Å². The molecule has 0 radical (unpaired) electrons. The number of aromatic nitrogens is 1. The van der Waals surface area contributed by atoms with Gasteiger partial charge in [0.15, 0.2) is 5.15 Å². The van der Waals surface area contributed by atoms with Gasteiger partial charge in [-0.1, -0.05) is 46.0 Å². The number of oxime groups is 1. The molecule has 0 fully saturated rings. The van der Waals surface area contributed by atoms with Crippen molar-refractivity contribution in [3.63, 3.8) is 0 Å². The number of hydrogen-bond donors (Lipinski definition) is 1. The Balaban J connectivity index is 2.24. The number of pyridine rings is 1. The largest absolute Gasteiger partial charge is 0.437 e. The second kappa shape index (κ2) is 7.49. The summed E-state index contributed by atoms with van der Waals surface area (Å²) in [6.45, 7) is 1.83. The molecule has 1 N–H and O–H groups in total. The van der Waals surface area contributed by atoms with Crippen molar-refractivity contribution in [1.82, 2.24) is 4.98 Å². The molecule has 0 amide bonds. The molecule has 0 saturated carbocycles. The molecule has 0 aliphatic heterocycles. The van der Waals surface area contributed by atoms with Crippen LogP contribution in [0.25, 0.3) is 0 Å². The minimum Gasteiger partial charge on any atom is -0.437 e. The van der Waals surface area contributed by atoms with Gasteiger partial charge in [0.05, 0.1) is 5.02 Å².